The van der Waals surface area contributed by atoms with Gasteiger partial charge in [0.15, 0.2) is 5.78 Å². The molecule has 2 heterocycles. The number of halogens is 4. The van der Waals surface area contributed by atoms with Crippen LogP contribution < -0.4 is 0 Å². The number of Topliss-reactive ketones (excluding diaryl/α,β-unsaturated/α-hetero) is 1. The van der Waals surface area contributed by atoms with E-state index in [0.29, 0.717) is 31.7 Å². The SMILES string of the molecule is O=C(c1ccc(C(F)(F)F)cc1F)C1CC2CCC(C1)N2C(=O)OCC1c2ccccc2-c2ccccc21. The van der Waals surface area contributed by atoms with E-state index < -0.39 is 35.4 Å². The van der Waals surface area contributed by atoms with Crippen LogP contribution in [0.25, 0.3) is 11.1 Å². The van der Waals surface area contributed by atoms with Gasteiger partial charge in [0.25, 0.3) is 0 Å². The van der Waals surface area contributed by atoms with E-state index in [1.165, 1.54) is 0 Å². The Morgan fingerprint density at radius 1 is 0.868 bits per heavy atom. The lowest BCUT2D eigenvalue weighted by Gasteiger charge is -2.37. The number of alkyl halides is 3. The lowest BCUT2D eigenvalue weighted by molar-refractivity contribution is -0.137. The van der Waals surface area contributed by atoms with Gasteiger partial charge in [0.1, 0.15) is 12.4 Å². The number of nitrogens with zero attached hydrogens (tertiary/aromatic N) is 1. The molecule has 0 N–H and O–H groups in total. The van der Waals surface area contributed by atoms with E-state index in [1.54, 1.807) is 4.90 Å². The summed E-state index contributed by atoms with van der Waals surface area (Å²) in [7, 11) is 0. The topological polar surface area (TPSA) is 46.6 Å². The molecule has 2 aliphatic heterocycles. The van der Waals surface area contributed by atoms with Crippen molar-refractivity contribution in [3.05, 3.63) is 94.8 Å². The molecule has 0 saturated carbocycles. The minimum atomic E-state index is -4.68. The maximum Gasteiger partial charge on any atom is 0.416 e. The monoisotopic (exact) mass is 523 g/mol. The average Bonchev–Trinajstić information content (AvgIpc) is 3.36. The summed E-state index contributed by atoms with van der Waals surface area (Å²) in [5, 5.41) is 0. The number of ketones is 1. The minimum absolute atomic E-state index is 0.0641. The van der Waals surface area contributed by atoms with Crippen molar-refractivity contribution in [2.24, 2.45) is 5.92 Å². The van der Waals surface area contributed by atoms with Gasteiger partial charge >= 0.3 is 12.3 Å². The third-order valence-electron chi connectivity index (χ3n) is 8.21. The Morgan fingerprint density at radius 3 is 2.00 bits per heavy atom. The molecule has 6 rings (SSSR count). The predicted octanol–water partition coefficient (Wildman–Crippen LogP) is 7.22. The second-order valence-corrected chi connectivity index (χ2v) is 10.3. The van der Waals surface area contributed by atoms with Crippen molar-refractivity contribution in [2.75, 3.05) is 6.61 Å². The fraction of sp³-hybridized carbons (Fsp3) is 0.333. The third-order valence-corrected chi connectivity index (χ3v) is 8.21. The number of ether oxygens (including phenoxy) is 1. The summed E-state index contributed by atoms with van der Waals surface area (Å²) in [6, 6.07) is 17.7. The van der Waals surface area contributed by atoms with Gasteiger partial charge in [-0.15, -0.1) is 0 Å². The van der Waals surface area contributed by atoms with Gasteiger partial charge < -0.3 is 9.64 Å². The highest BCUT2D eigenvalue weighted by molar-refractivity contribution is 5.98. The number of carbonyl (C=O) groups is 2. The molecule has 0 aromatic heterocycles. The molecule has 2 atom stereocenters. The number of hydrogen-bond acceptors (Lipinski definition) is 3. The van der Waals surface area contributed by atoms with Gasteiger partial charge in [-0.05, 0) is 66.1 Å². The summed E-state index contributed by atoms with van der Waals surface area (Å²) < 4.78 is 59.0. The molecule has 1 aliphatic carbocycles. The van der Waals surface area contributed by atoms with Crippen molar-refractivity contribution < 1.29 is 31.9 Å². The Balaban J connectivity index is 1.13. The zero-order valence-corrected chi connectivity index (χ0v) is 20.4. The van der Waals surface area contributed by atoms with Gasteiger partial charge in [0.2, 0.25) is 0 Å². The van der Waals surface area contributed by atoms with Gasteiger partial charge in [0, 0.05) is 23.9 Å². The zero-order valence-electron chi connectivity index (χ0n) is 20.4. The number of carbonyl (C=O) groups excluding carboxylic acids is 2. The minimum Gasteiger partial charge on any atom is -0.448 e. The fourth-order valence-corrected chi connectivity index (χ4v) is 6.47. The molecule has 3 aromatic rings. The second kappa shape index (κ2) is 9.26. The third kappa shape index (κ3) is 4.16. The van der Waals surface area contributed by atoms with Gasteiger partial charge in [-0.25, -0.2) is 9.18 Å². The highest BCUT2D eigenvalue weighted by Gasteiger charge is 2.46. The van der Waals surface area contributed by atoms with Crippen LogP contribution in [0.1, 0.15) is 58.6 Å². The molecule has 8 heteroatoms. The van der Waals surface area contributed by atoms with Crippen molar-refractivity contribution in [1.29, 1.82) is 0 Å². The summed E-state index contributed by atoms with van der Waals surface area (Å²) in [5.41, 5.74) is 3.05. The quantitative estimate of drug-likeness (QED) is 0.268. The fourth-order valence-electron chi connectivity index (χ4n) is 6.47. The molecule has 2 fully saturated rings. The molecule has 1 amide bonds. The number of fused-ring (bicyclic) bond motifs is 5. The summed E-state index contributed by atoms with van der Waals surface area (Å²) in [5.74, 6) is -2.31. The van der Waals surface area contributed by atoms with Crippen molar-refractivity contribution in [1.82, 2.24) is 4.90 Å². The van der Waals surface area contributed by atoms with Crippen molar-refractivity contribution in [2.45, 2.75) is 49.9 Å². The van der Waals surface area contributed by atoms with E-state index in [-0.39, 0.29) is 30.2 Å². The average molecular weight is 524 g/mol. The molecular weight excluding hydrogens is 498 g/mol. The van der Waals surface area contributed by atoms with E-state index in [2.05, 4.69) is 24.3 Å². The van der Waals surface area contributed by atoms with Gasteiger partial charge in [-0.3, -0.25) is 4.79 Å². The van der Waals surface area contributed by atoms with Gasteiger partial charge in [-0.2, -0.15) is 13.2 Å². The molecule has 196 valence electrons. The van der Waals surface area contributed by atoms with Gasteiger partial charge in [0.05, 0.1) is 11.1 Å². The largest absolute Gasteiger partial charge is 0.448 e. The molecule has 0 radical (unpaired) electrons. The Morgan fingerprint density at radius 2 is 1.45 bits per heavy atom. The Labute approximate surface area is 217 Å². The Bertz CT molecular complexity index is 1360. The van der Waals surface area contributed by atoms with Crippen LogP contribution in [0, 0.1) is 11.7 Å². The summed E-state index contributed by atoms with van der Waals surface area (Å²) in [4.78, 5) is 28.0. The number of piperidine rings is 1. The van der Waals surface area contributed by atoms with Gasteiger partial charge in [-0.1, -0.05) is 48.5 Å². The van der Waals surface area contributed by atoms with Crippen LogP contribution in [0.15, 0.2) is 66.7 Å². The van der Waals surface area contributed by atoms with E-state index in [9.17, 15) is 27.2 Å². The maximum absolute atomic E-state index is 14.5. The Hall–Kier alpha value is -3.68. The van der Waals surface area contributed by atoms with Crippen LogP contribution in [-0.4, -0.2) is 35.5 Å². The summed E-state index contributed by atoms with van der Waals surface area (Å²) in [6.07, 6.45) is -3.04. The first-order valence-corrected chi connectivity index (χ1v) is 12.8. The van der Waals surface area contributed by atoms with Crippen molar-refractivity contribution in [3.63, 3.8) is 0 Å². The van der Waals surface area contributed by atoms with Crippen LogP contribution >= 0.6 is 0 Å². The first-order chi connectivity index (χ1) is 18.2. The van der Waals surface area contributed by atoms with E-state index in [4.69, 9.17) is 4.74 Å². The molecule has 38 heavy (non-hydrogen) atoms. The lowest BCUT2D eigenvalue weighted by Crippen LogP contribution is -2.48. The number of hydrogen-bond donors (Lipinski definition) is 0. The Kier molecular flexibility index (Phi) is 6.00. The van der Waals surface area contributed by atoms with E-state index >= 15 is 0 Å². The van der Waals surface area contributed by atoms with Crippen LogP contribution in [0.3, 0.4) is 0 Å². The van der Waals surface area contributed by atoms with E-state index in [1.807, 2.05) is 24.3 Å². The summed E-state index contributed by atoms with van der Waals surface area (Å²) in [6.45, 7) is 0.196. The molecule has 0 spiro atoms. The number of benzene rings is 3. The number of rotatable bonds is 4. The standard InChI is InChI=1S/C30H25F4NO3/c31-27-15-18(30(32,33)34)9-12-25(27)28(36)17-13-19-10-11-20(14-17)35(19)29(37)38-16-26-23-7-3-1-5-21(23)22-6-2-4-8-24(22)26/h1-9,12,15,17,19-20,26H,10-11,13-14,16H2. The lowest BCUT2D eigenvalue weighted by atomic mass is 9.84. The van der Waals surface area contributed by atoms with Crippen LogP contribution in [0.2, 0.25) is 0 Å². The molecule has 2 saturated heterocycles. The molecule has 2 unspecified atom stereocenters. The van der Waals surface area contributed by atoms with Crippen molar-refractivity contribution in [3.8, 4) is 11.1 Å². The predicted molar refractivity (Wildman–Crippen MR) is 132 cm³/mol. The van der Waals surface area contributed by atoms with Crippen LogP contribution in [-0.2, 0) is 10.9 Å². The van der Waals surface area contributed by atoms with Crippen LogP contribution in [0.4, 0.5) is 22.4 Å². The first-order valence-electron chi connectivity index (χ1n) is 12.8. The smallest absolute Gasteiger partial charge is 0.416 e. The zero-order chi connectivity index (χ0) is 26.6. The first kappa shape index (κ1) is 24.6. The van der Waals surface area contributed by atoms with Crippen molar-refractivity contribution >= 4 is 11.9 Å². The van der Waals surface area contributed by atoms with E-state index in [0.717, 1.165) is 34.4 Å². The molecule has 4 nitrogen and oxygen atoms in total. The normalized spacial score (nSPS) is 22.2. The maximum atomic E-state index is 14.5. The second-order valence-electron chi connectivity index (χ2n) is 10.3. The molecule has 3 aliphatic rings. The number of amides is 1. The molecule has 3 aromatic carbocycles. The van der Waals surface area contributed by atoms with Crippen LogP contribution in [0.5, 0.6) is 0 Å². The summed E-state index contributed by atoms with van der Waals surface area (Å²) >= 11 is 0. The highest BCUT2D eigenvalue weighted by atomic mass is 19.4. The highest BCUT2D eigenvalue weighted by Crippen LogP contribution is 2.45. The molecule has 2 bridgehead atoms. The molecular formula is C30H25F4NO3.